The third kappa shape index (κ3) is 9.55. The molecule has 368 valence electrons. The third-order valence-electron chi connectivity index (χ3n) is 14.4. The van der Waals surface area contributed by atoms with E-state index >= 15 is 8.78 Å². The van der Waals surface area contributed by atoms with Gasteiger partial charge >= 0.3 is 18.2 Å². The number of piperazine rings is 1. The monoisotopic (exact) mass is 962 g/mol. The quantitative estimate of drug-likeness (QED) is 0.0985. The van der Waals surface area contributed by atoms with Crippen LogP contribution in [0.1, 0.15) is 114 Å². The van der Waals surface area contributed by atoms with Crippen LogP contribution in [-0.4, -0.2) is 107 Å². The molecule has 2 aromatic heterocycles. The third-order valence-corrected chi connectivity index (χ3v) is 20.7. The molecule has 4 aromatic rings. The predicted octanol–water partition coefficient (Wildman–Crippen LogP) is 12.0. The van der Waals surface area contributed by atoms with Crippen molar-refractivity contribution in [2.24, 2.45) is 0 Å². The van der Waals surface area contributed by atoms with Crippen LogP contribution >= 0.6 is 0 Å². The lowest BCUT2D eigenvalue weighted by atomic mass is 9.92. The zero-order chi connectivity index (χ0) is 50.1. The molecular formula is C54H69F2N7O5Si. The van der Waals surface area contributed by atoms with E-state index in [1.807, 2.05) is 42.7 Å². The van der Waals surface area contributed by atoms with Gasteiger partial charge in [0.25, 0.3) is 0 Å². The number of nitrogens with one attached hydrogen (secondary N) is 1. The van der Waals surface area contributed by atoms with Gasteiger partial charge in [0, 0.05) is 43.3 Å². The Balaban J connectivity index is 1.31. The normalized spacial score (nSPS) is 19.5. The first-order valence-electron chi connectivity index (χ1n) is 24.4. The van der Waals surface area contributed by atoms with Crippen molar-refractivity contribution < 1.29 is 32.6 Å². The number of amides is 2. The van der Waals surface area contributed by atoms with Gasteiger partial charge < -0.3 is 19.1 Å². The summed E-state index contributed by atoms with van der Waals surface area (Å²) in [5.74, 6) is 2.09. The summed E-state index contributed by atoms with van der Waals surface area (Å²) in [7, 11) is -2.30. The molecular weight excluding hydrogens is 893 g/mol. The van der Waals surface area contributed by atoms with E-state index in [9.17, 15) is 9.59 Å². The van der Waals surface area contributed by atoms with Crippen molar-refractivity contribution in [3.8, 4) is 28.7 Å². The second-order valence-corrected chi connectivity index (χ2v) is 28.3. The molecule has 8 rings (SSSR count). The number of fused-ring (bicyclic) bond motifs is 5. The zero-order valence-corrected chi connectivity index (χ0v) is 43.5. The molecule has 69 heavy (non-hydrogen) atoms. The van der Waals surface area contributed by atoms with Gasteiger partial charge in [0.2, 0.25) is 0 Å². The van der Waals surface area contributed by atoms with Gasteiger partial charge in [-0.15, -0.1) is 5.54 Å². The Morgan fingerprint density at radius 2 is 1.51 bits per heavy atom. The highest BCUT2D eigenvalue weighted by atomic mass is 28.3. The number of hydrogen-bond donors (Lipinski definition) is 1. The fourth-order valence-corrected chi connectivity index (χ4v) is 16.9. The van der Waals surface area contributed by atoms with E-state index in [0.29, 0.717) is 70.1 Å². The lowest BCUT2D eigenvalue weighted by Gasteiger charge is -2.42. The second kappa shape index (κ2) is 18.3. The van der Waals surface area contributed by atoms with Gasteiger partial charge in [-0.25, -0.2) is 18.4 Å². The average Bonchev–Trinajstić information content (AvgIpc) is 3.81. The van der Waals surface area contributed by atoms with Crippen LogP contribution in [0.25, 0.3) is 32.9 Å². The van der Waals surface area contributed by atoms with Gasteiger partial charge in [-0.05, 0) is 101 Å². The number of ether oxygens (including phenoxy) is 3. The number of nitrogens with zero attached hydrogens (tertiary/aromatic N) is 6. The molecule has 0 unspecified atom stereocenters. The molecule has 12 nitrogen and oxygen atoms in total. The first-order chi connectivity index (χ1) is 32.3. The minimum absolute atomic E-state index is 0.0469. The summed E-state index contributed by atoms with van der Waals surface area (Å²) in [6, 6.07) is 6.55. The Bertz CT molecular complexity index is 2750. The number of rotatable bonds is 9. The molecule has 2 bridgehead atoms. The molecule has 4 saturated heterocycles. The van der Waals surface area contributed by atoms with Crippen LogP contribution in [0, 0.1) is 23.1 Å². The molecule has 4 aliphatic rings. The van der Waals surface area contributed by atoms with Crippen molar-refractivity contribution >= 4 is 53.4 Å². The molecule has 0 radical (unpaired) electrons. The summed E-state index contributed by atoms with van der Waals surface area (Å²) < 4.78 is 53.8. The van der Waals surface area contributed by atoms with E-state index < -0.39 is 42.5 Å². The van der Waals surface area contributed by atoms with Crippen molar-refractivity contribution in [2.75, 3.05) is 43.0 Å². The summed E-state index contributed by atoms with van der Waals surface area (Å²) in [5.41, 5.74) is 4.69. The molecule has 0 spiro atoms. The highest BCUT2D eigenvalue weighted by molar-refractivity contribution is 6.90. The number of hydrogen-bond acceptors (Lipinski definition) is 10. The van der Waals surface area contributed by atoms with Crippen molar-refractivity contribution in [1.29, 1.82) is 0 Å². The highest BCUT2D eigenvalue weighted by Crippen LogP contribution is 2.46. The molecule has 4 aliphatic heterocycles. The van der Waals surface area contributed by atoms with E-state index in [1.165, 1.54) is 12.3 Å². The first-order valence-corrected chi connectivity index (χ1v) is 26.7. The molecule has 0 aliphatic carbocycles. The number of benzene rings is 2. The van der Waals surface area contributed by atoms with Crippen LogP contribution in [-0.2, 0) is 9.47 Å². The molecule has 2 amide bonds. The Kier molecular flexibility index (Phi) is 13.2. The summed E-state index contributed by atoms with van der Waals surface area (Å²) >= 11 is 0. The van der Waals surface area contributed by atoms with Crippen LogP contribution in [0.3, 0.4) is 0 Å². The topological polar surface area (TPSA) is 122 Å². The van der Waals surface area contributed by atoms with E-state index in [0.717, 1.165) is 37.1 Å². The van der Waals surface area contributed by atoms with Crippen molar-refractivity contribution in [3.63, 3.8) is 0 Å². The van der Waals surface area contributed by atoms with E-state index in [4.69, 9.17) is 29.2 Å². The SMILES string of the molecule is C=C1CN2CC(=C)CC2(COc2nc(N3C[C@H]4CC[C@@H](C3)N4C(=O)OC(C)(C)C)c3cnc(-c4c(F)c(NC(=O)OC(C)(C)C)cc5cccc(C#C[Si](C(C)C)(C(C)C)C(C)C)c45)c(F)c3n2)C1. The molecule has 4 fully saturated rings. The van der Waals surface area contributed by atoms with E-state index in [-0.39, 0.29) is 53.3 Å². The highest BCUT2D eigenvalue weighted by Gasteiger charge is 2.49. The summed E-state index contributed by atoms with van der Waals surface area (Å²) in [6.45, 7) is 35.1. The maximum absolute atomic E-state index is 18.1. The van der Waals surface area contributed by atoms with Crippen LogP contribution in [0.5, 0.6) is 6.01 Å². The van der Waals surface area contributed by atoms with Crippen molar-refractivity contribution in [3.05, 3.63) is 72.0 Å². The fraction of sp³-hybridized carbons (Fsp3) is 0.537. The van der Waals surface area contributed by atoms with Crippen LogP contribution in [0.4, 0.5) is 29.9 Å². The van der Waals surface area contributed by atoms with Crippen molar-refractivity contribution in [2.45, 2.75) is 154 Å². The summed E-state index contributed by atoms with van der Waals surface area (Å²) in [6.07, 6.45) is 3.20. The molecule has 6 heterocycles. The van der Waals surface area contributed by atoms with Gasteiger partial charge in [-0.2, -0.15) is 9.97 Å². The molecule has 2 aromatic carbocycles. The lowest BCUT2D eigenvalue weighted by Crippen LogP contribution is -2.57. The van der Waals surface area contributed by atoms with Crippen LogP contribution < -0.4 is 15.0 Å². The standard InChI is InChI=1S/C54H69F2N7O5Si/c1-31(2)69(32(3)4,33(5)6)21-20-36-16-15-17-37-22-41(58-50(64)67-52(9,10)11)44(55)43(42(36)37)47-45(56)46-40(25-57-47)48(61-28-38-18-19-39(29-61)63(38)51(65)68-53(12,13)14)60-49(59-46)66-30-54-23-34(7)26-62(54)27-35(8)24-54/h15-17,22,25,31-33,38-39H,7-8,18-19,23-24,26-30H2,1-6,9-14H3,(H,58,64)/t38-,39+. The molecule has 0 saturated carbocycles. The predicted molar refractivity (Wildman–Crippen MR) is 272 cm³/mol. The van der Waals surface area contributed by atoms with Gasteiger partial charge in [-0.3, -0.25) is 20.1 Å². The molecule has 2 atom stereocenters. The molecule has 1 N–H and O–H groups in total. The minimum Gasteiger partial charge on any atom is -0.461 e. The van der Waals surface area contributed by atoms with Crippen LogP contribution in [0.2, 0.25) is 16.6 Å². The van der Waals surface area contributed by atoms with Gasteiger partial charge in [0.05, 0.1) is 34.3 Å². The maximum Gasteiger partial charge on any atom is 0.412 e. The first kappa shape index (κ1) is 49.8. The second-order valence-electron chi connectivity index (χ2n) is 22.7. The lowest BCUT2D eigenvalue weighted by molar-refractivity contribution is 0.0122. The smallest absolute Gasteiger partial charge is 0.412 e. The van der Waals surface area contributed by atoms with Gasteiger partial charge in [0.15, 0.2) is 11.6 Å². The average molecular weight is 962 g/mol. The minimum atomic E-state index is -2.30. The Morgan fingerprint density at radius 1 is 0.899 bits per heavy atom. The number of aromatic nitrogens is 3. The number of pyridine rings is 1. The van der Waals surface area contributed by atoms with Crippen molar-refractivity contribution in [1.82, 2.24) is 24.8 Å². The number of carbonyl (C=O) groups excluding carboxylic acids is 2. The largest absolute Gasteiger partial charge is 0.461 e. The Hall–Kier alpha value is -5.59. The summed E-state index contributed by atoms with van der Waals surface area (Å²) in [4.78, 5) is 47.5. The number of carbonyl (C=O) groups is 2. The van der Waals surface area contributed by atoms with E-state index in [2.05, 4.69) is 76.4 Å². The number of anilines is 2. The Morgan fingerprint density at radius 3 is 2.09 bits per heavy atom. The maximum atomic E-state index is 18.1. The Labute approximate surface area is 407 Å². The zero-order valence-electron chi connectivity index (χ0n) is 42.5. The van der Waals surface area contributed by atoms with Gasteiger partial charge in [0.1, 0.15) is 42.9 Å². The van der Waals surface area contributed by atoms with E-state index in [1.54, 1.807) is 26.8 Å². The summed E-state index contributed by atoms with van der Waals surface area (Å²) in [5, 5.41) is 3.76. The van der Waals surface area contributed by atoms with Crippen LogP contribution in [0.15, 0.2) is 54.8 Å². The molecule has 15 heteroatoms. The number of halogens is 2. The van der Waals surface area contributed by atoms with Gasteiger partial charge in [-0.1, -0.05) is 83.9 Å². The fourth-order valence-electron chi connectivity index (χ4n) is 11.7.